The molecule has 1 heterocycles. The number of rotatable bonds is 10. The fourth-order valence-corrected chi connectivity index (χ4v) is 6.05. The van der Waals surface area contributed by atoms with E-state index in [0.29, 0.717) is 17.4 Å². The van der Waals surface area contributed by atoms with Crippen molar-refractivity contribution in [3.63, 3.8) is 0 Å². The van der Waals surface area contributed by atoms with Gasteiger partial charge in [0, 0.05) is 27.7 Å². The summed E-state index contributed by atoms with van der Waals surface area (Å²) in [6.45, 7) is 9.74. The van der Waals surface area contributed by atoms with Crippen LogP contribution in [0.5, 0.6) is 5.75 Å². The summed E-state index contributed by atoms with van der Waals surface area (Å²) in [5.74, 6) is -0.282. The lowest BCUT2D eigenvalue weighted by Gasteiger charge is -2.25. The van der Waals surface area contributed by atoms with Crippen LogP contribution in [0.4, 0.5) is 5.69 Å². The Bertz CT molecular complexity index is 1700. The van der Waals surface area contributed by atoms with Gasteiger partial charge in [-0.05, 0) is 100 Å². The van der Waals surface area contributed by atoms with Gasteiger partial charge in [0.05, 0.1) is 23.4 Å². The highest BCUT2D eigenvalue weighted by Gasteiger charge is 2.29. The number of sulfonamides is 1. The smallest absolute Gasteiger partial charge is 0.264 e. The number of aromatic nitrogens is 1. The van der Waals surface area contributed by atoms with E-state index in [1.807, 2.05) is 19.9 Å². The molecule has 41 heavy (non-hydrogen) atoms. The second kappa shape index (κ2) is 12.6. The van der Waals surface area contributed by atoms with Gasteiger partial charge in [-0.15, -0.1) is 0 Å². The molecule has 0 saturated heterocycles. The predicted molar refractivity (Wildman–Crippen MR) is 164 cm³/mol. The summed E-state index contributed by atoms with van der Waals surface area (Å²) in [5.41, 5.74) is 8.98. The highest BCUT2D eigenvalue weighted by atomic mass is 35.5. The van der Waals surface area contributed by atoms with Crippen LogP contribution in [0.25, 0.3) is 5.69 Å². The molecule has 1 amide bonds. The average molecular weight is 593 g/mol. The van der Waals surface area contributed by atoms with Gasteiger partial charge in [0.2, 0.25) is 0 Å². The van der Waals surface area contributed by atoms with E-state index in [1.54, 1.807) is 37.4 Å². The lowest BCUT2D eigenvalue weighted by atomic mass is 10.1. The maximum absolute atomic E-state index is 13.7. The zero-order valence-electron chi connectivity index (χ0n) is 23.7. The van der Waals surface area contributed by atoms with Crippen LogP contribution < -0.4 is 14.5 Å². The molecule has 0 bridgehead atoms. The Morgan fingerprint density at radius 1 is 1.00 bits per heavy atom. The Morgan fingerprint density at radius 2 is 1.71 bits per heavy atom. The molecule has 0 radical (unpaired) electrons. The zero-order valence-corrected chi connectivity index (χ0v) is 25.3. The number of hydrogen-bond acceptors (Lipinski definition) is 5. The van der Waals surface area contributed by atoms with E-state index >= 15 is 0 Å². The maximum Gasteiger partial charge on any atom is 0.264 e. The molecule has 0 aliphatic rings. The number of benzene rings is 3. The first-order valence-electron chi connectivity index (χ1n) is 13.1. The van der Waals surface area contributed by atoms with Crippen molar-refractivity contribution in [1.29, 1.82) is 0 Å². The second-order valence-electron chi connectivity index (χ2n) is 9.59. The molecule has 10 heteroatoms. The van der Waals surface area contributed by atoms with Crippen molar-refractivity contribution in [3.8, 4) is 11.4 Å². The van der Waals surface area contributed by atoms with E-state index in [0.717, 1.165) is 26.9 Å². The van der Waals surface area contributed by atoms with Crippen LogP contribution in [0, 0.1) is 27.7 Å². The van der Waals surface area contributed by atoms with Crippen LogP contribution >= 0.6 is 11.6 Å². The van der Waals surface area contributed by atoms with E-state index in [9.17, 15) is 13.2 Å². The number of nitrogens with zero attached hydrogens (tertiary/aromatic N) is 3. The van der Waals surface area contributed by atoms with Crippen LogP contribution in [0.1, 0.15) is 35.0 Å². The van der Waals surface area contributed by atoms with Crippen molar-refractivity contribution in [2.75, 3.05) is 17.5 Å². The van der Waals surface area contributed by atoms with E-state index in [-0.39, 0.29) is 10.6 Å². The lowest BCUT2D eigenvalue weighted by Crippen LogP contribution is -2.39. The molecule has 214 valence electrons. The maximum atomic E-state index is 13.7. The van der Waals surface area contributed by atoms with E-state index < -0.39 is 22.5 Å². The molecule has 0 aliphatic heterocycles. The van der Waals surface area contributed by atoms with Gasteiger partial charge in [-0.3, -0.25) is 9.10 Å². The van der Waals surface area contributed by atoms with Gasteiger partial charge in [-0.2, -0.15) is 5.10 Å². The molecule has 0 atom stereocenters. The number of anilines is 1. The number of nitrogens with one attached hydrogen (secondary N) is 1. The largest absolute Gasteiger partial charge is 0.492 e. The van der Waals surface area contributed by atoms with Crippen molar-refractivity contribution >= 4 is 39.4 Å². The third kappa shape index (κ3) is 6.64. The Balaban J connectivity index is 1.59. The standard InChI is InChI=1S/C31H33ClN4O4S/c1-6-40-30-10-8-7-9-29(30)35(41(38,39)28-15-12-26(32)13-16-28)20-31(37)34-33-19-25-18-23(4)36(24(25)5)27-14-11-21(2)22(3)17-27/h7-19H,6,20H2,1-5H3,(H,34,37)/b33-19-. The highest BCUT2D eigenvalue weighted by molar-refractivity contribution is 7.92. The van der Waals surface area contributed by atoms with Crippen molar-refractivity contribution in [2.24, 2.45) is 5.10 Å². The number of hydrazone groups is 1. The van der Waals surface area contributed by atoms with Crippen molar-refractivity contribution in [2.45, 2.75) is 39.5 Å². The van der Waals surface area contributed by atoms with Crippen LogP contribution in [0.15, 0.2) is 82.8 Å². The summed E-state index contributed by atoms with van der Waals surface area (Å²) in [6, 6.07) is 20.7. The SMILES string of the molecule is CCOc1ccccc1N(CC(=O)N/N=C\c1cc(C)n(-c2ccc(C)c(C)c2)c1C)S(=O)(=O)c1ccc(Cl)cc1. The third-order valence-corrected chi connectivity index (χ3v) is 8.76. The molecule has 0 spiro atoms. The number of carbonyl (C=O) groups excluding carboxylic acids is 1. The molecular weight excluding hydrogens is 560 g/mol. The zero-order chi connectivity index (χ0) is 29.7. The normalized spacial score (nSPS) is 11.6. The Morgan fingerprint density at radius 3 is 2.39 bits per heavy atom. The molecule has 4 aromatic rings. The molecule has 0 saturated carbocycles. The van der Waals surface area contributed by atoms with Gasteiger partial charge < -0.3 is 9.30 Å². The van der Waals surface area contributed by atoms with Crippen LogP contribution in [-0.4, -0.2) is 38.3 Å². The summed E-state index contributed by atoms with van der Waals surface area (Å²) in [5, 5.41) is 4.54. The minimum absolute atomic E-state index is 0.0108. The molecule has 8 nitrogen and oxygen atoms in total. The molecule has 0 aliphatic carbocycles. The average Bonchev–Trinajstić information content (AvgIpc) is 3.22. The number of carbonyl (C=O) groups is 1. The predicted octanol–water partition coefficient (Wildman–Crippen LogP) is 6.11. The number of para-hydroxylation sites is 2. The Hall–Kier alpha value is -4.08. The fraction of sp³-hybridized carbons (Fsp3) is 0.226. The molecule has 0 unspecified atom stereocenters. The quantitative estimate of drug-likeness (QED) is 0.178. The van der Waals surface area contributed by atoms with E-state index in [1.165, 1.54) is 35.4 Å². The van der Waals surface area contributed by atoms with Gasteiger partial charge in [0.1, 0.15) is 12.3 Å². The molecule has 1 aromatic heterocycles. The van der Waals surface area contributed by atoms with E-state index in [4.69, 9.17) is 16.3 Å². The second-order valence-corrected chi connectivity index (χ2v) is 11.9. The van der Waals surface area contributed by atoms with Gasteiger partial charge in [0.25, 0.3) is 15.9 Å². The molecule has 1 N–H and O–H groups in total. The number of halogens is 1. The van der Waals surface area contributed by atoms with Crippen molar-refractivity contribution in [1.82, 2.24) is 9.99 Å². The number of aryl methyl sites for hydroxylation is 3. The summed E-state index contributed by atoms with van der Waals surface area (Å²) < 4.78 is 36.2. The van der Waals surface area contributed by atoms with Crippen LogP contribution in [0.2, 0.25) is 5.02 Å². The van der Waals surface area contributed by atoms with E-state index in [2.05, 4.69) is 47.1 Å². The topological polar surface area (TPSA) is 93.0 Å². The molecule has 3 aromatic carbocycles. The fourth-order valence-electron chi connectivity index (χ4n) is 4.49. The number of amides is 1. The first-order valence-corrected chi connectivity index (χ1v) is 14.9. The summed E-state index contributed by atoms with van der Waals surface area (Å²) >= 11 is 5.98. The van der Waals surface area contributed by atoms with Gasteiger partial charge in [-0.1, -0.05) is 29.8 Å². The summed E-state index contributed by atoms with van der Waals surface area (Å²) in [4.78, 5) is 13.1. The van der Waals surface area contributed by atoms with Gasteiger partial charge >= 0.3 is 0 Å². The summed E-state index contributed by atoms with van der Waals surface area (Å²) in [7, 11) is -4.15. The summed E-state index contributed by atoms with van der Waals surface area (Å²) in [6.07, 6.45) is 1.56. The Labute approximate surface area is 246 Å². The van der Waals surface area contributed by atoms with Crippen molar-refractivity contribution < 1.29 is 17.9 Å². The first kappa shape index (κ1) is 29.9. The number of ether oxygens (including phenoxy) is 1. The molecule has 4 rings (SSSR count). The van der Waals surface area contributed by atoms with Gasteiger partial charge in [0.15, 0.2) is 0 Å². The van der Waals surface area contributed by atoms with Gasteiger partial charge in [-0.25, -0.2) is 13.8 Å². The van der Waals surface area contributed by atoms with Crippen molar-refractivity contribution in [3.05, 3.63) is 106 Å². The number of hydrogen-bond donors (Lipinski definition) is 1. The molecule has 0 fully saturated rings. The van der Waals surface area contributed by atoms with Crippen LogP contribution in [0.3, 0.4) is 0 Å². The Kier molecular flexibility index (Phi) is 9.20. The minimum Gasteiger partial charge on any atom is -0.492 e. The minimum atomic E-state index is -4.15. The lowest BCUT2D eigenvalue weighted by molar-refractivity contribution is -0.119. The third-order valence-electron chi connectivity index (χ3n) is 6.73. The van der Waals surface area contributed by atoms with Crippen LogP contribution in [-0.2, 0) is 14.8 Å². The first-order chi connectivity index (χ1) is 19.5. The monoisotopic (exact) mass is 592 g/mol. The molecular formula is C31H33ClN4O4S. The highest BCUT2D eigenvalue weighted by Crippen LogP contribution is 2.32.